The van der Waals surface area contributed by atoms with Gasteiger partial charge in [0.05, 0.1) is 19.9 Å². The van der Waals surface area contributed by atoms with Crippen molar-refractivity contribution in [3.05, 3.63) is 34.5 Å². The number of aromatic nitrogens is 3. The monoisotopic (exact) mass is 352 g/mol. The van der Waals surface area contributed by atoms with E-state index in [0.29, 0.717) is 22.4 Å². The Balaban J connectivity index is 1.99. The molecule has 2 heterocycles. The third-order valence-electron chi connectivity index (χ3n) is 3.37. The molecule has 0 unspecified atom stereocenters. The first-order valence-corrected chi connectivity index (χ1v) is 7.76. The fraction of sp³-hybridized carbons (Fsp3) is 0.267. The Morgan fingerprint density at radius 1 is 1.21 bits per heavy atom. The van der Waals surface area contributed by atoms with Crippen molar-refractivity contribution in [1.82, 2.24) is 14.9 Å². The highest BCUT2D eigenvalue weighted by Gasteiger charge is 2.25. The molecule has 0 saturated heterocycles. The maximum absolute atomic E-state index is 12.9. The molecule has 2 aromatic rings. The molecular weight excluding hydrogens is 338 g/mol. The highest BCUT2D eigenvalue weighted by Crippen LogP contribution is 2.36. The first-order valence-electron chi connectivity index (χ1n) is 6.94. The van der Waals surface area contributed by atoms with Crippen molar-refractivity contribution in [2.24, 2.45) is 5.10 Å². The number of allylic oxidation sites excluding steroid dienone is 1. The topological polar surface area (TPSA) is 61.5 Å². The predicted molar refractivity (Wildman–Crippen MR) is 86.9 cm³/mol. The highest BCUT2D eigenvalue weighted by molar-refractivity contribution is 8.04. The number of methoxy groups -OCH3 is 2. The normalized spacial score (nSPS) is 15.4. The number of benzene rings is 1. The van der Waals surface area contributed by atoms with Gasteiger partial charge in [0.25, 0.3) is 6.43 Å². The average Bonchev–Trinajstić information content (AvgIpc) is 2.98. The first-order chi connectivity index (χ1) is 11.5. The number of alkyl halides is 2. The Kier molecular flexibility index (Phi) is 4.52. The Morgan fingerprint density at radius 2 is 2.00 bits per heavy atom. The smallest absolute Gasteiger partial charge is 0.299 e. The van der Waals surface area contributed by atoms with Gasteiger partial charge in [-0.05, 0) is 36.9 Å². The van der Waals surface area contributed by atoms with Crippen molar-refractivity contribution in [3.63, 3.8) is 0 Å². The van der Waals surface area contributed by atoms with Crippen LogP contribution in [0.25, 0.3) is 6.08 Å². The molecule has 1 aromatic carbocycles. The van der Waals surface area contributed by atoms with Crippen LogP contribution < -0.4 is 9.47 Å². The largest absolute Gasteiger partial charge is 0.497 e. The molecule has 0 N–H and O–H groups in total. The Hall–Kier alpha value is -2.42. The number of nitrogens with zero attached hydrogens (tertiary/aromatic N) is 4. The van der Waals surface area contributed by atoms with Crippen molar-refractivity contribution in [3.8, 4) is 11.5 Å². The van der Waals surface area contributed by atoms with Gasteiger partial charge < -0.3 is 9.47 Å². The Morgan fingerprint density at radius 3 is 2.67 bits per heavy atom. The van der Waals surface area contributed by atoms with E-state index in [0.717, 1.165) is 15.1 Å². The molecule has 0 spiro atoms. The van der Waals surface area contributed by atoms with Crippen molar-refractivity contribution in [2.45, 2.75) is 18.5 Å². The lowest BCUT2D eigenvalue weighted by molar-refractivity contribution is 0.135. The van der Waals surface area contributed by atoms with Crippen LogP contribution in [-0.4, -0.2) is 34.8 Å². The van der Waals surface area contributed by atoms with Gasteiger partial charge in [-0.2, -0.15) is 9.78 Å². The second-order valence-corrected chi connectivity index (χ2v) is 5.87. The molecule has 0 aliphatic carbocycles. The first kappa shape index (κ1) is 16.4. The second kappa shape index (κ2) is 6.60. The van der Waals surface area contributed by atoms with Crippen LogP contribution in [0.3, 0.4) is 0 Å². The summed E-state index contributed by atoms with van der Waals surface area (Å²) in [5.41, 5.74) is 1.41. The summed E-state index contributed by atoms with van der Waals surface area (Å²) in [6, 6.07) is 5.43. The van der Waals surface area contributed by atoms with E-state index in [4.69, 9.17) is 9.47 Å². The summed E-state index contributed by atoms with van der Waals surface area (Å²) in [7, 11) is 3.14. The van der Waals surface area contributed by atoms with Gasteiger partial charge in [-0.15, -0.1) is 10.2 Å². The maximum atomic E-state index is 12.9. The molecule has 0 atom stereocenters. The molecule has 3 rings (SSSR count). The maximum Gasteiger partial charge on any atom is 0.299 e. The van der Waals surface area contributed by atoms with Crippen LogP contribution in [0, 0.1) is 0 Å². The number of halogens is 2. The standard InChI is InChI=1S/C15H14F2N4O2S/c1-8-12(6-9-4-5-10(22-2)7-11(9)23-3)24-15-19-18-14(13(16)17)21(15)20-8/h4-7,13H,1-3H3. The predicted octanol–water partition coefficient (Wildman–Crippen LogP) is 3.60. The van der Waals surface area contributed by atoms with Crippen LogP contribution in [0.15, 0.2) is 33.4 Å². The molecule has 0 amide bonds. The van der Waals surface area contributed by atoms with Crippen LogP contribution in [-0.2, 0) is 0 Å². The van der Waals surface area contributed by atoms with Crippen molar-refractivity contribution in [2.75, 3.05) is 14.2 Å². The summed E-state index contributed by atoms with van der Waals surface area (Å²) in [5, 5.41) is 11.7. The van der Waals surface area contributed by atoms with E-state index >= 15 is 0 Å². The van der Waals surface area contributed by atoms with Gasteiger partial charge in [0.1, 0.15) is 11.5 Å². The van der Waals surface area contributed by atoms with Crippen molar-refractivity contribution >= 4 is 23.5 Å². The van der Waals surface area contributed by atoms with E-state index in [1.165, 1.54) is 11.8 Å². The quantitative estimate of drug-likeness (QED) is 0.841. The summed E-state index contributed by atoms with van der Waals surface area (Å²) >= 11 is 1.23. The van der Waals surface area contributed by atoms with Crippen LogP contribution in [0.2, 0.25) is 0 Å². The lowest BCUT2D eigenvalue weighted by Crippen LogP contribution is -2.09. The second-order valence-electron chi connectivity index (χ2n) is 4.86. The summed E-state index contributed by atoms with van der Waals surface area (Å²) in [4.78, 5) is 0.777. The van der Waals surface area contributed by atoms with Crippen molar-refractivity contribution < 1.29 is 18.3 Å². The van der Waals surface area contributed by atoms with Gasteiger partial charge >= 0.3 is 0 Å². The molecule has 0 bridgehead atoms. The minimum absolute atomic E-state index is 0.301. The van der Waals surface area contributed by atoms with E-state index in [-0.39, 0.29) is 0 Å². The molecule has 0 saturated carbocycles. The summed E-state index contributed by atoms with van der Waals surface area (Å²) in [6.45, 7) is 1.74. The van der Waals surface area contributed by atoms with E-state index in [2.05, 4.69) is 15.3 Å². The zero-order valence-corrected chi connectivity index (χ0v) is 14.0. The number of fused-ring (bicyclic) bond motifs is 1. The SMILES string of the molecule is COc1ccc(C=C2Sc3nnc(C(F)F)n3N=C2C)c(OC)c1. The fourth-order valence-electron chi connectivity index (χ4n) is 2.15. The third-order valence-corrected chi connectivity index (χ3v) is 4.44. The molecule has 1 aliphatic rings. The molecule has 0 fully saturated rings. The molecule has 126 valence electrons. The highest BCUT2D eigenvalue weighted by atomic mass is 32.2. The number of hydrogen-bond acceptors (Lipinski definition) is 6. The van der Waals surface area contributed by atoms with E-state index in [1.807, 2.05) is 18.2 Å². The molecule has 9 heteroatoms. The molecule has 1 aromatic heterocycles. The van der Waals surface area contributed by atoms with Crippen molar-refractivity contribution in [1.29, 1.82) is 0 Å². The molecule has 24 heavy (non-hydrogen) atoms. The zero-order chi connectivity index (χ0) is 17.3. The lowest BCUT2D eigenvalue weighted by atomic mass is 10.1. The van der Waals surface area contributed by atoms with E-state index in [1.54, 1.807) is 27.2 Å². The van der Waals surface area contributed by atoms with Crippen LogP contribution in [0.5, 0.6) is 11.5 Å². The number of ether oxygens (including phenoxy) is 2. The van der Waals surface area contributed by atoms with Crippen LogP contribution in [0.4, 0.5) is 8.78 Å². The molecule has 6 nitrogen and oxygen atoms in total. The van der Waals surface area contributed by atoms with Gasteiger partial charge in [0.2, 0.25) is 11.0 Å². The van der Waals surface area contributed by atoms with Crippen LogP contribution >= 0.6 is 11.8 Å². The van der Waals surface area contributed by atoms with E-state index < -0.39 is 12.2 Å². The molecule has 1 aliphatic heterocycles. The van der Waals surface area contributed by atoms with Gasteiger partial charge in [-0.3, -0.25) is 0 Å². The van der Waals surface area contributed by atoms with Crippen LogP contribution in [0.1, 0.15) is 24.7 Å². The fourth-order valence-corrected chi connectivity index (χ4v) is 3.03. The molecule has 0 radical (unpaired) electrons. The third kappa shape index (κ3) is 2.99. The Bertz CT molecular complexity index is 833. The zero-order valence-electron chi connectivity index (χ0n) is 13.2. The van der Waals surface area contributed by atoms with Gasteiger partial charge in [0.15, 0.2) is 0 Å². The number of thioether (sulfide) groups is 1. The number of hydrogen-bond donors (Lipinski definition) is 0. The molecular formula is C15H14F2N4O2S. The summed E-state index contributed by atoms with van der Waals surface area (Å²) in [6.07, 6.45) is -0.863. The van der Waals surface area contributed by atoms with Gasteiger partial charge in [-0.25, -0.2) is 8.78 Å². The van der Waals surface area contributed by atoms with Gasteiger partial charge in [0, 0.05) is 16.5 Å². The summed E-state index contributed by atoms with van der Waals surface area (Å²) in [5.74, 6) is 0.852. The minimum atomic E-state index is -2.73. The van der Waals surface area contributed by atoms with E-state index in [9.17, 15) is 8.78 Å². The minimum Gasteiger partial charge on any atom is -0.497 e. The summed E-state index contributed by atoms with van der Waals surface area (Å²) < 4.78 is 37.4. The Labute approximate surface area is 141 Å². The average molecular weight is 352 g/mol. The lowest BCUT2D eigenvalue weighted by Gasteiger charge is -2.15. The van der Waals surface area contributed by atoms with Gasteiger partial charge in [-0.1, -0.05) is 0 Å². The number of rotatable bonds is 4.